The number of hydrogen-bond acceptors (Lipinski definition) is 1. The van der Waals surface area contributed by atoms with Crippen molar-refractivity contribution in [3.8, 4) is 0 Å². The maximum atomic E-state index is 11.2. The summed E-state index contributed by atoms with van der Waals surface area (Å²) in [6, 6.07) is 0. The zero-order valence-corrected chi connectivity index (χ0v) is 8.35. The monoisotopic (exact) mass is 177 g/mol. The van der Waals surface area contributed by atoms with Gasteiger partial charge in [-0.3, -0.25) is 4.79 Å². The van der Waals surface area contributed by atoms with Gasteiger partial charge in [-0.15, -0.1) is 0 Å². The quantitative estimate of drug-likeness (QED) is 0.642. The van der Waals surface area contributed by atoms with Gasteiger partial charge in [-0.1, -0.05) is 24.3 Å². The van der Waals surface area contributed by atoms with Crippen LogP contribution in [0.1, 0.15) is 20.8 Å². The standard InChI is InChI=1S/C11H15NO/c1-5-8(2)6-11(4)7-9(3)10(13)12-11/h5-7H,1H2,2-4H3,(H,12,13)/b8-6+/t11-/m0/s1. The Bertz CT molecular complexity index is 312. The van der Waals surface area contributed by atoms with Crippen molar-refractivity contribution in [1.82, 2.24) is 5.32 Å². The fourth-order valence-corrected chi connectivity index (χ4v) is 1.50. The third kappa shape index (κ3) is 2.08. The number of carbonyl (C=O) groups excluding carboxylic acids is 1. The highest BCUT2D eigenvalue weighted by atomic mass is 16.2. The van der Waals surface area contributed by atoms with Gasteiger partial charge in [0.05, 0.1) is 5.54 Å². The van der Waals surface area contributed by atoms with Crippen LogP contribution in [0.2, 0.25) is 0 Å². The van der Waals surface area contributed by atoms with Gasteiger partial charge in [-0.25, -0.2) is 0 Å². The SMILES string of the molecule is C=C/C(C)=C/[C@@]1(C)C=C(C)C(=O)N1. The van der Waals surface area contributed by atoms with E-state index < -0.39 is 0 Å². The average Bonchev–Trinajstić information content (AvgIpc) is 2.25. The molecular weight excluding hydrogens is 162 g/mol. The zero-order valence-electron chi connectivity index (χ0n) is 8.35. The normalized spacial score (nSPS) is 28.4. The Labute approximate surface area is 79.0 Å². The third-order valence-electron chi connectivity index (χ3n) is 2.11. The topological polar surface area (TPSA) is 29.1 Å². The maximum absolute atomic E-state index is 11.2. The van der Waals surface area contributed by atoms with Crippen molar-refractivity contribution in [2.75, 3.05) is 0 Å². The van der Waals surface area contributed by atoms with Gasteiger partial charge in [0.1, 0.15) is 0 Å². The molecule has 1 aliphatic heterocycles. The molecule has 2 nitrogen and oxygen atoms in total. The van der Waals surface area contributed by atoms with Crippen molar-refractivity contribution >= 4 is 5.91 Å². The number of carbonyl (C=O) groups is 1. The first-order valence-corrected chi connectivity index (χ1v) is 4.31. The molecule has 1 N–H and O–H groups in total. The summed E-state index contributed by atoms with van der Waals surface area (Å²) in [6.07, 6.45) is 5.70. The van der Waals surface area contributed by atoms with Crippen LogP contribution in [0.5, 0.6) is 0 Å². The van der Waals surface area contributed by atoms with E-state index in [4.69, 9.17) is 0 Å². The summed E-state index contributed by atoms with van der Waals surface area (Å²) in [5.74, 6) is 0.00983. The van der Waals surface area contributed by atoms with E-state index in [-0.39, 0.29) is 11.4 Å². The summed E-state index contributed by atoms with van der Waals surface area (Å²) in [7, 11) is 0. The number of allylic oxidation sites excluding steroid dienone is 2. The van der Waals surface area contributed by atoms with Gasteiger partial charge >= 0.3 is 0 Å². The van der Waals surface area contributed by atoms with Crippen molar-refractivity contribution < 1.29 is 4.79 Å². The van der Waals surface area contributed by atoms with Crippen LogP contribution < -0.4 is 5.32 Å². The molecule has 0 saturated carbocycles. The maximum Gasteiger partial charge on any atom is 0.247 e. The van der Waals surface area contributed by atoms with Crippen molar-refractivity contribution in [3.63, 3.8) is 0 Å². The second kappa shape index (κ2) is 3.21. The average molecular weight is 177 g/mol. The molecule has 1 heterocycles. The summed E-state index contributed by atoms with van der Waals surface area (Å²) < 4.78 is 0. The Morgan fingerprint density at radius 2 is 2.31 bits per heavy atom. The van der Waals surface area contributed by atoms with Crippen molar-refractivity contribution in [2.45, 2.75) is 26.3 Å². The van der Waals surface area contributed by atoms with E-state index in [1.807, 2.05) is 32.9 Å². The number of amides is 1. The van der Waals surface area contributed by atoms with Gasteiger partial charge in [0.25, 0.3) is 0 Å². The Balaban J connectivity index is 2.94. The largest absolute Gasteiger partial charge is 0.340 e. The lowest BCUT2D eigenvalue weighted by atomic mass is 10.00. The fourth-order valence-electron chi connectivity index (χ4n) is 1.50. The lowest BCUT2D eigenvalue weighted by molar-refractivity contribution is -0.117. The van der Waals surface area contributed by atoms with E-state index in [9.17, 15) is 4.79 Å². The highest BCUT2D eigenvalue weighted by Gasteiger charge is 2.28. The van der Waals surface area contributed by atoms with E-state index in [1.54, 1.807) is 6.08 Å². The minimum Gasteiger partial charge on any atom is -0.340 e. The molecule has 13 heavy (non-hydrogen) atoms. The molecule has 0 unspecified atom stereocenters. The predicted octanol–water partition coefficient (Wildman–Crippen LogP) is 1.95. The van der Waals surface area contributed by atoms with Gasteiger partial charge in [0.15, 0.2) is 0 Å². The van der Waals surface area contributed by atoms with E-state index in [2.05, 4.69) is 11.9 Å². The Hall–Kier alpha value is -1.31. The number of nitrogens with one attached hydrogen (secondary N) is 1. The summed E-state index contributed by atoms with van der Waals surface area (Å²) in [5, 5.41) is 2.89. The summed E-state index contributed by atoms with van der Waals surface area (Å²) in [4.78, 5) is 11.2. The predicted molar refractivity (Wildman–Crippen MR) is 54.3 cm³/mol. The minimum atomic E-state index is -0.334. The molecule has 1 aliphatic rings. The van der Waals surface area contributed by atoms with Crippen LogP contribution in [-0.2, 0) is 4.79 Å². The Kier molecular flexibility index (Phi) is 2.41. The molecular formula is C11H15NO. The first kappa shape index (κ1) is 9.78. The fraction of sp³-hybridized carbons (Fsp3) is 0.364. The molecule has 0 spiro atoms. The molecule has 0 bridgehead atoms. The molecule has 0 radical (unpaired) electrons. The van der Waals surface area contributed by atoms with Gasteiger partial charge in [0.2, 0.25) is 5.91 Å². The first-order chi connectivity index (χ1) is 5.97. The van der Waals surface area contributed by atoms with Crippen LogP contribution in [0.15, 0.2) is 36.0 Å². The van der Waals surface area contributed by atoms with E-state index in [0.29, 0.717) is 0 Å². The lowest BCUT2D eigenvalue weighted by Gasteiger charge is -2.18. The molecule has 1 rings (SSSR count). The van der Waals surface area contributed by atoms with Crippen LogP contribution in [-0.4, -0.2) is 11.4 Å². The molecule has 1 amide bonds. The van der Waals surface area contributed by atoms with E-state index >= 15 is 0 Å². The second-order valence-corrected chi connectivity index (χ2v) is 3.66. The smallest absolute Gasteiger partial charge is 0.247 e. The van der Waals surface area contributed by atoms with Crippen molar-refractivity contribution in [1.29, 1.82) is 0 Å². The van der Waals surface area contributed by atoms with Gasteiger partial charge in [-0.05, 0) is 26.8 Å². The second-order valence-electron chi connectivity index (χ2n) is 3.66. The van der Waals surface area contributed by atoms with Crippen molar-refractivity contribution in [3.05, 3.63) is 36.0 Å². The minimum absolute atomic E-state index is 0.00983. The van der Waals surface area contributed by atoms with Crippen LogP contribution in [0.4, 0.5) is 0 Å². The van der Waals surface area contributed by atoms with Gasteiger partial charge in [-0.2, -0.15) is 0 Å². The molecule has 0 saturated heterocycles. The summed E-state index contributed by atoms with van der Waals surface area (Å²) in [6.45, 7) is 9.42. The molecule has 1 atom stereocenters. The van der Waals surface area contributed by atoms with Crippen molar-refractivity contribution in [2.24, 2.45) is 0 Å². The highest BCUT2D eigenvalue weighted by molar-refractivity contribution is 5.96. The first-order valence-electron chi connectivity index (χ1n) is 4.31. The summed E-state index contributed by atoms with van der Waals surface area (Å²) in [5.41, 5.74) is 1.50. The molecule has 0 aromatic heterocycles. The Morgan fingerprint density at radius 3 is 2.69 bits per heavy atom. The summed E-state index contributed by atoms with van der Waals surface area (Å²) >= 11 is 0. The molecule has 70 valence electrons. The third-order valence-corrected chi connectivity index (χ3v) is 2.11. The van der Waals surface area contributed by atoms with Crippen LogP contribution in [0.25, 0.3) is 0 Å². The zero-order chi connectivity index (χ0) is 10.1. The molecule has 0 aromatic carbocycles. The molecule has 2 heteroatoms. The molecule has 0 fully saturated rings. The lowest BCUT2D eigenvalue weighted by Crippen LogP contribution is -2.37. The van der Waals surface area contributed by atoms with Gasteiger partial charge < -0.3 is 5.32 Å². The van der Waals surface area contributed by atoms with Crippen LogP contribution in [0, 0.1) is 0 Å². The van der Waals surface area contributed by atoms with E-state index in [0.717, 1.165) is 11.1 Å². The van der Waals surface area contributed by atoms with Crippen LogP contribution >= 0.6 is 0 Å². The highest BCUT2D eigenvalue weighted by Crippen LogP contribution is 2.20. The van der Waals surface area contributed by atoms with Crippen LogP contribution in [0.3, 0.4) is 0 Å². The number of rotatable bonds is 2. The van der Waals surface area contributed by atoms with E-state index in [1.165, 1.54) is 0 Å². The Morgan fingerprint density at radius 1 is 1.69 bits per heavy atom. The molecule has 0 aliphatic carbocycles. The number of hydrogen-bond donors (Lipinski definition) is 1. The molecule has 0 aromatic rings. The van der Waals surface area contributed by atoms with Gasteiger partial charge in [0, 0.05) is 5.57 Å².